The van der Waals surface area contributed by atoms with Gasteiger partial charge in [-0.2, -0.15) is 0 Å². The molecule has 0 heterocycles. The third-order valence-electron chi connectivity index (χ3n) is 3.46. The number of carbonyl (C=O) groups is 1. The molecule has 0 spiro atoms. The van der Waals surface area contributed by atoms with Crippen molar-refractivity contribution < 1.29 is 22.9 Å². The largest absolute Gasteiger partial charge is 0.495 e. The molecule has 1 amide bonds. The number of anilines is 1. The van der Waals surface area contributed by atoms with Crippen molar-refractivity contribution in [3.63, 3.8) is 0 Å². The van der Waals surface area contributed by atoms with Crippen LogP contribution in [0, 0.1) is 10.1 Å². The zero-order chi connectivity index (χ0) is 19.5. The van der Waals surface area contributed by atoms with Crippen LogP contribution in [0.4, 0.5) is 11.4 Å². The van der Waals surface area contributed by atoms with Crippen LogP contribution in [-0.2, 0) is 10.0 Å². The Morgan fingerprint density at radius 3 is 2.27 bits per heavy atom. The summed E-state index contributed by atoms with van der Waals surface area (Å²) in [5, 5.41) is 10.9. The second-order valence-electron chi connectivity index (χ2n) is 5.47. The summed E-state index contributed by atoms with van der Waals surface area (Å²) in [6.45, 7) is 0. The first-order valence-corrected chi connectivity index (χ1v) is 8.81. The number of hydrogen-bond acceptors (Lipinski definition) is 6. The number of hydrogen-bond donors (Lipinski definition) is 1. The second-order valence-corrected chi connectivity index (χ2v) is 7.15. The van der Waals surface area contributed by atoms with Gasteiger partial charge < -0.3 is 9.64 Å². The molecule has 0 bridgehead atoms. The van der Waals surface area contributed by atoms with Gasteiger partial charge in [-0.3, -0.25) is 19.6 Å². The van der Waals surface area contributed by atoms with Gasteiger partial charge in [-0.15, -0.1) is 0 Å². The molecule has 0 saturated heterocycles. The van der Waals surface area contributed by atoms with Crippen LogP contribution in [0.3, 0.4) is 0 Å². The van der Waals surface area contributed by atoms with E-state index in [0.29, 0.717) is 5.56 Å². The van der Waals surface area contributed by atoms with Gasteiger partial charge in [0.05, 0.1) is 22.6 Å². The van der Waals surface area contributed by atoms with Crippen LogP contribution in [0.2, 0.25) is 0 Å². The quantitative estimate of drug-likeness (QED) is 0.606. The second kappa shape index (κ2) is 7.40. The summed E-state index contributed by atoms with van der Waals surface area (Å²) in [5.41, 5.74) is -0.00699. The van der Waals surface area contributed by atoms with E-state index in [1.54, 1.807) is 14.1 Å². The van der Waals surface area contributed by atoms with E-state index in [1.807, 2.05) is 0 Å². The molecule has 0 aliphatic heterocycles. The van der Waals surface area contributed by atoms with Gasteiger partial charge in [-0.05, 0) is 30.3 Å². The van der Waals surface area contributed by atoms with Gasteiger partial charge in [-0.25, -0.2) is 8.42 Å². The fourth-order valence-corrected chi connectivity index (χ4v) is 3.19. The highest BCUT2D eigenvalue weighted by Gasteiger charge is 2.20. The van der Waals surface area contributed by atoms with Crippen LogP contribution in [0.5, 0.6) is 5.75 Å². The predicted octanol–water partition coefficient (Wildman–Crippen LogP) is 2.11. The van der Waals surface area contributed by atoms with Crippen LogP contribution < -0.4 is 9.46 Å². The van der Waals surface area contributed by atoms with Gasteiger partial charge in [0, 0.05) is 31.8 Å². The van der Waals surface area contributed by atoms with Crippen LogP contribution in [-0.4, -0.2) is 45.4 Å². The van der Waals surface area contributed by atoms with Crippen LogP contribution in [0.15, 0.2) is 47.4 Å². The van der Waals surface area contributed by atoms with Crippen molar-refractivity contribution in [3.8, 4) is 5.75 Å². The Balaban J connectivity index is 2.35. The van der Waals surface area contributed by atoms with Gasteiger partial charge in [0.2, 0.25) is 0 Å². The lowest BCUT2D eigenvalue weighted by Crippen LogP contribution is -2.21. The summed E-state index contributed by atoms with van der Waals surface area (Å²) in [4.78, 5) is 23.4. The lowest BCUT2D eigenvalue weighted by atomic mass is 10.2. The molecule has 10 heteroatoms. The van der Waals surface area contributed by atoms with E-state index in [1.165, 1.54) is 48.4 Å². The van der Waals surface area contributed by atoms with Crippen molar-refractivity contribution in [1.82, 2.24) is 4.90 Å². The van der Waals surface area contributed by atoms with Crippen molar-refractivity contribution in [2.75, 3.05) is 25.9 Å². The van der Waals surface area contributed by atoms with Crippen molar-refractivity contribution in [1.29, 1.82) is 0 Å². The highest BCUT2D eigenvalue weighted by Crippen LogP contribution is 2.30. The number of rotatable bonds is 6. The fraction of sp³-hybridized carbons (Fsp3) is 0.188. The summed E-state index contributed by atoms with van der Waals surface area (Å²) in [6.07, 6.45) is 0. The number of nitro benzene ring substituents is 1. The first-order valence-electron chi connectivity index (χ1n) is 7.32. The highest BCUT2D eigenvalue weighted by atomic mass is 32.2. The predicted molar refractivity (Wildman–Crippen MR) is 94.9 cm³/mol. The third kappa shape index (κ3) is 4.09. The maximum absolute atomic E-state index is 12.5. The number of amides is 1. The zero-order valence-corrected chi connectivity index (χ0v) is 15.1. The molecule has 0 aliphatic carbocycles. The Bertz CT molecular complexity index is 939. The maximum atomic E-state index is 12.5. The Hall–Kier alpha value is -3.14. The molecule has 0 saturated carbocycles. The minimum absolute atomic E-state index is 0.0601. The molecule has 9 nitrogen and oxygen atoms in total. The zero-order valence-electron chi connectivity index (χ0n) is 14.3. The van der Waals surface area contributed by atoms with Gasteiger partial charge in [0.25, 0.3) is 21.6 Å². The normalized spacial score (nSPS) is 10.9. The van der Waals surface area contributed by atoms with Gasteiger partial charge >= 0.3 is 0 Å². The third-order valence-corrected chi connectivity index (χ3v) is 4.84. The lowest BCUT2D eigenvalue weighted by Gasteiger charge is -2.13. The first kappa shape index (κ1) is 19.2. The molecule has 0 fully saturated rings. The Morgan fingerprint density at radius 1 is 1.15 bits per heavy atom. The molecule has 2 rings (SSSR count). The molecular formula is C16H17N3O6S. The van der Waals surface area contributed by atoms with Gasteiger partial charge in [-0.1, -0.05) is 0 Å². The number of non-ortho nitro benzene ring substituents is 1. The monoisotopic (exact) mass is 379 g/mol. The maximum Gasteiger partial charge on any atom is 0.271 e. The minimum Gasteiger partial charge on any atom is -0.495 e. The number of benzene rings is 2. The fourth-order valence-electron chi connectivity index (χ4n) is 2.13. The average Bonchev–Trinajstić information content (AvgIpc) is 2.60. The first-order chi connectivity index (χ1) is 12.2. The van der Waals surface area contributed by atoms with Crippen molar-refractivity contribution in [2.45, 2.75) is 4.90 Å². The number of methoxy groups -OCH3 is 1. The molecule has 0 atom stereocenters. The number of nitro groups is 1. The standard InChI is InChI=1S/C16H17N3O6S/c1-18(2)16(20)11-4-7-13(8-5-11)26(23,24)17-14-10-12(19(21)22)6-9-15(14)25-3/h4-10,17H,1-3H3. The number of carbonyl (C=O) groups excluding carboxylic acids is 1. The van der Waals surface area contributed by atoms with Crippen molar-refractivity contribution in [2.24, 2.45) is 0 Å². The van der Waals surface area contributed by atoms with E-state index in [-0.39, 0.29) is 27.9 Å². The summed E-state index contributed by atoms with van der Waals surface area (Å²) in [7, 11) is 0.464. The Labute approximate surface area is 150 Å². The van der Waals surface area contributed by atoms with Crippen LogP contribution >= 0.6 is 0 Å². The summed E-state index contributed by atoms with van der Waals surface area (Å²) in [5.74, 6) is -0.124. The molecule has 1 N–H and O–H groups in total. The van der Waals surface area contributed by atoms with E-state index in [0.717, 1.165) is 6.07 Å². The number of ether oxygens (including phenoxy) is 1. The molecule has 138 valence electrons. The SMILES string of the molecule is COc1ccc([N+](=O)[O-])cc1NS(=O)(=O)c1ccc(C(=O)N(C)C)cc1. The van der Waals surface area contributed by atoms with E-state index in [9.17, 15) is 23.3 Å². The molecule has 0 unspecified atom stereocenters. The molecular weight excluding hydrogens is 362 g/mol. The van der Waals surface area contributed by atoms with E-state index < -0.39 is 14.9 Å². The number of sulfonamides is 1. The molecule has 26 heavy (non-hydrogen) atoms. The summed E-state index contributed by atoms with van der Waals surface area (Å²) < 4.78 is 32.4. The smallest absolute Gasteiger partial charge is 0.271 e. The van der Waals surface area contributed by atoms with Gasteiger partial charge in [0.1, 0.15) is 5.75 Å². The Morgan fingerprint density at radius 2 is 1.77 bits per heavy atom. The average molecular weight is 379 g/mol. The van der Waals surface area contributed by atoms with Crippen LogP contribution in [0.1, 0.15) is 10.4 Å². The molecule has 2 aromatic rings. The van der Waals surface area contributed by atoms with Crippen molar-refractivity contribution >= 4 is 27.3 Å². The molecule has 0 radical (unpaired) electrons. The minimum atomic E-state index is -4.03. The number of nitrogens with zero attached hydrogens (tertiary/aromatic N) is 2. The Kier molecular flexibility index (Phi) is 5.46. The van der Waals surface area contributed by atoms with Crippen LogP contribution in [0.25, 0.3) is 0 Å². The van der Waals surface area contributed by atoms with E-state index in [2.05, 4.69) is 4.72 Å². The topological polar surface area (TPSA) is 119 Å². The molecule has 2 aromatic carbocycles. The highest BCUT2D eigenvalue weighted by molar-refractivity contribution is 7.92. The molecule has 0 aliphatic rings. The van der Waals surface area contributed by atoms with Gasteiger partial charge in [0.15, 0.2) is 0 Å². The lowest BCUT2D eigenvalue weighted by molar-refractivity contribution is -0.384. The number of nitrogens with one attached hydrogen (secondary N) is 1. The molecule has 0 aromatic heterocycles. The van der Waals surface area contributed by atoms with E-state index in [4.69, 9.17) is 4.74 Å². The summed E-state index contributed by atoms with van der Waals surface area (Å²) >= 11 is 0. The van der Waals surface area contributed by atoms with E-state index >= 15 is 0 Å². The van der Waals surface area contributed by atoms with Crippen molar-refractivity contribution in [3.05, 3.63) is 58.1 Å². The summed E-state index contributed by atoms with van der Waals surface area (Å²) in [6, 6.07) is 8.92.